The van der Waals surface area contributed by atoms with Gasteiger partial charge < -0.3 is 14.7 Å². The molecular formula is C24H19BrClF4N5O3. The van der Waals surface area contributed by atoms with Gasteiger partial charge in [0.1, 0.15) is 5.75 Å². The zero-order chi connectivity index (χ0) is 27.4. The average molecular weight is 617 g/mol. The van der Waals surface area contributed by atoms with Crippen molar-refractivity contribution in [1.82, 2.24) is 9.97 Å². The maximum atomic E-state index is 14.3. The van der Waals surface area contributed by atoms with Crippen LogP contribution in [0.15, 0.2) is 46.1 Å². The summed E-state index contributed by atoms with van der Waals surface area (Å²) in [6, 6.07) is 5.68. The van der Waals surface area contributed by atoms with Gasteiger partial charge in [0.15, 0.2) is 17.4 Å². The number of alkyl halides is 3. The molecule has 0 saturated carbocycles. The van der Waals surface area contributed by atoms with E-state index in [1.54, 1.807) is 4.90 Å². The Morgan fingerprint density at radius 2 is 2.03 bits per heavy atom. The number of hydrogen-bond acceptors (Lipinski definition) is 8. The SMILES string of the molecule is O=C(Cc1cccc(C(F)(F)F)c1)c1c(Br)cc(Cl)c(O)c1/C=N\Nc1ncc(F)c(N2CCOCC2)n1. The number of nitrogens with one attached hydrogen (secondary N) is 1. The van der Waals surface area contributed by atoms with E-state index >= 15 is 0 Å². The zero-order valence-electron chi connectivity index (χ0n) is 19.4. The number of aromatic nitrogens is 2. The van der Waals surface area contributed by atoms with E-state index in [1.807, 2.05) is 0 Å². The molecule has 1 aliphatic rings. The van der Waals surface area contributed by atoms with E-state index in [4.69, 9.17) is 16.3 Å². The number of carbonyl (C=O) groups excluding carboxylic acids is 1. The molecule has 1 aliphatic heterocycles. The average Bonchev–Trinajstić information content (AvgIpc) is 2.88. The van der Waals surface area contributed by atoms with Gasteiger partial charge >= 0.3 is 6.18 Å². The monoisotopic (exact) mass is 615 g/mol. The number of rotatable bonds is 7. The molecule has 0 spiro atoms. The van der Waals surface area contributed by atoms with Gasteiger partial charge in [-0.2, -0.15) is 23.3 Å². The lowest BCUT2D eigenvalue weighted by atomic mass is 9.97. The molecule has 2 aromatic carbocycles. The maximum Gasteiger partial charge on any atom is 0.416 e. The second kappa shape index (κ2) is 11.6. The fraction of sp³-hybridized carbons (Fsp3) is 0.250. The third-order valence-corrected chi connectivity index (χ3v) is 6.45. The van der Waals surface area contributed by atoms with Crippen LogP contribution in [0.1, 0.15) is 27.0 Å². The van der Waals surface area contributed by atoms with Crippen molar-refractivity contribution in [2.75, 3.05) is 36.6 Å². The van der Waals surface area contributed by atoms with E-state index < -0.39 is 29.1 Å². The van der Waals surface area contributed by atoms with Gasteiger partial charge in [0.25, 0.3) is 0 Å². The minimum absolute atomic E-state index is 0.0520. The van der Waals surface area contributed by atoms with Crippen LogP contribution in [-0.2, 0) is 17.3 Å². The van der Waals surface area contributed by atoms with Gasteiger partial charge in [0, 0.05) is 35.1 Å². The molecule has 0 unspecified atom stereocenters. The summed E-state index contributed by atoms with van der Waals surface area (Å²) in [5, 5.41) is 14.4. The van der Waals surface area contributed by atoms with Crippen molar-refractivity contribution in [3.63, 3.8) is 0 Å². The second-order valence-electron chi connectivity index (χ2n) is 8.11. The molecule has 1 aromatic heterocycles. The van der Waals surface area contributed by atoms with Gasteiger partial charge in [0.05, 0.1) is 36.2 Å². The molecule has 2 N–H and O–H groups in total. The van der Waals surface area contributed by atoms with Crippen LogP contribution < -0.4 is 10.3 Å². The van der Waals surface area contributed by atoms with Gasteiger partial charge in [-0.3, -0.25) is 4.79 Å². The number of aromatic hydroxyl groups is 1. The molecule has 0 atom stereocenters. The predicted octanol–water partition coefficient (Wildman–Crippen LogP) is 5.46. The summed E-state index contributed by atoms with van der Waals surface area (Å²) in [5.74, 6) is -1.69. The number of phenolic OH excluding ortho intramolecular Hbond substituents is 1. The van der Waals surface area contributed by atoms with Crippen molar-refractivity contribution in [1.29, 1.82) is 0 Å². The number of ether oxygens (including phenoxy) is 1. The molecule has 38 heavy (non-hydrogen) atoms. The van der Waals surface area contributed by atoms with Crippen molar-refractivity contribution >= 4 is 51.3 Å². The second-order valence-corrected chi connectivity index (χ2v) is 9.37. The molecule has 8 nitrogen and oxygen atoms in total. The van der Waals surface area contributed by atoms with Crippen LogP contribution in [0.3, 0.4) is 0 Å². The van der Waals surface area contributed by atoms with Crippen LogP contribution >= 0.6 is 27.5 Å². The number of carbonyl (C=O) groups is 1. The predicted molar refractivity (Wildman–Crippen MR) is 137 cm³/mol. The fourth-order valence-corrected chi connectivity index (χ4v) is 4.74. The molecular weight excluding hydrogens is 598 g/mol. The normalized spacial score (nSPS) is 14.2. The van der Waals surface area contributed by atoms with Crippen LogP contribution in [-0.4, -0.2) is 53.4 Å². The highest BCUT2D eigenvalue weighted by Crippen LogP contribution is 2.36. The van der Waals surface area contributed by atoms with E-state index in [0.29, 0.717) is 26.3 Å². The number of hydrogen-bond donors (Lipinski definition) is 2. The number of benzene rings is 2. The topological polar surface area (TPSA) is 99.9 Å². The number of nitrogens with zero attached hydrogens (tertiary/aromatic N) is 4. The molecule has 0 amide bonds. The van der Waals surface area contributed by atoms with E-state index in [-0.39, 0.29) is 44.4 Å². The first-order chi connectivity index (χ1) is 18.0. The van der Waals surface area contributed by atoms with Gasteiger partial charge in [-0.25, -0.2) is 14.8 Å². The first-order valence-electron chi connectivity index (χ1n) is 11.1. The number of Topliss-reactive ketones (excluding diaryl/α,β-unsaturated/α-hetero) is 1. The Balaban J connectivity index is 1.59. The van der Waals surface area contributed by atoms with Gasteiger partial charge in [-0.05, 0) is 33.6 Å². The van der Waals surface area contributed by atoms with E-state index in [2.05, 4.69) is 36.4 Å². The van der Waals surface area contributed by atoms with E-state index in [1.165, 1.54) is 18.2 Å². The van der Waals surface area contributed by atoms with Gasteiger partial charge in [-0.15, -0.1) is 0 Å². The molecule has 1 fully saturated rings. The summed E-state index contributed by atoms with van der Waals surface area (Å²) in [6.07, 6.45) is -2.88. The summed E-state index contributed by atoms with van der Waals surface area (Å²) in [5.41, 5.74) is 1.62. The molecule has 200 valence electrons. The number of phenols is 1. The van der Waals surface area contributed by atoms with Gasteiger partial charge in [0.2, 0.25) is 5.95 Å². The van der Waals surface area contributed by atoms with Crippen molar-refractivity contribution in [2.45, 2.75) is 12.6 Å². The Morgan fingerprint density at radius 1 is 1.29 bits per heavy atom. The molecule has 14 heteroatoms. The molecule has 1 saturated heterocycles. The maximum absolute atomic E-state index is 14.3. The van der Waals surface area contributed by atoms with E-state index in [0.717, 1.165) is 24.5 Å². The zero-order valence-corrected chi connectivity index (χ0v) is 21.7. The number of morpholine rings is 1. The number of anilines is 2. The summed E-state index contributed by atoms with van der Waals surface area (Å²) < 4.78 is 59.0. The molecule has 2 heterocycles. The van der Waals surface area contributed by atoms with Crippen molar-refractivity contribution in [3.8, 4) is 5.75 Å². The lowest BCUT2D eigenvalue weighted by Gasteiger charge is -2.27. The molecule has 0 radical (unpaired) electrons. The lowest BCUT2D eigenvalue weighted by molar-refractivity contribution is -0.137. The highest BCUT2D eigenvalue weighted by molar-refractivity contribution is 9.10. The van der Waals surface area contributed by atoms with Crippen LogP contribution in [0, 0.1) is 5.82 Å². The Kier molecular flexibility index (Phi) is 8.48. The lowest BCUT2D eigenvalue weighted by Crippen LogP contribution is -2.37. The fourth-order valence-electron chi connectivity index (χ4n) is 3.73. The minimum atomic E-state index is -4.56. The molecule has 4 rings (SSSR count). The van der Waals surface area contributed by atoms with Crippen molar-refractivity contribution < 1.29 is 32.2 Å². The summed E-state index contributed by atoms with van der Waals surface area (Å²) in [4.78, 5) is 22.8. The van der Waals surface area contributed by atoms with Crippen molar-refractivity contribution in [3.05, 3.63) is 74.1 Å². The quantitative estimate of drug-likeness (QED) is 0.157. The van der Waals surface area contributed by atoms with E-state index in [9.17, 15) is 27.5 Å². The standard InChI is InChI=1S/C24H19BrClF4N5O3/c25-16-10-17(26)21(37)15(20(16)19(36)9-13-2-1-3-14(8-13)24(28,29)30)11-32-34-23-31-12-18(27)22(33-23)35-4-6-38-7-5-35/h1-3,8,10-12,37H,4-7,9H2,(H,31,33,34)/b32-11-. The Hall–Kier alpha value is -3.29. The number of halogens is 6. The third kappa shape index (κ3) is 6.40. The van der Waals surface area contributed by atoms with Crippen LogP contribution in [0.25, 0.3) is 0 Å². The highest BCUT2D eigenvalue weighted by Gasteiger charge is 2.30. The number of hydrazone groups is 1. The first-order valence-corrected chi connectivity index (χ1v) is 12.3. The Bertz CT molecular complexity index is 1380. The van der Waals surface area contributed by atoms with Crippen LogP contribution in [0.2, 0.25) is 5.02 Å². The Morgan fingerprint density at radius 3 is 2.74 bits per heavy atom. The molecule has 0 bridgehead atoms. The smallest absolute Gasteiger partial charge is 0.416 e. The molecule has 0 aliphatic carbocycles. The van der Waals surface area contributed by atoms with Gasteiger partial charge in [-0.1, -0.05) is 29.8 Å². The minimum Gasteiger partial charge on any atom is -0.506 e. The first kappa shape index (κ1) is 27.7. The summed E-state index contributed by atoms with van der Waals surface area (Å²) >= 11 is 9.30. The number of ketones is 1. The largest absolute Gasteiger partial charge is 0.506 e. The summed E-state index contributed by atoms with van der Waals surface area (Å²) in [7, 11) is 0. The van der Waals surface area contributed by atoms with Crippen molar-refractivity contribution in [2.24, 2.45) is 5.10 Å². The Labute approximate surface area is 227 Å². The third-order valence-electron chi connectivity index (χ3n) is 5.54. The van der Waals surface area contributed by atoms with Crippen LogP contribution in [0.5, 0.6) is 5.75 Å². The summed E-state index contributed by atoms with van der Waals surface area (Å²) in [6.45, 7) is 1.73. The highest BCUT2D eigenvalue weighted by atomic mass is 79.9. The molecule has 3 aromatic rings. The van der Waals surface area contributed by atoms with Crippen LogP contribution in [0.4, 0.5) is 29.3 Å².